The average molecular weight is 325 g/mol. The Morgan fingerprint density at radius 1 is 1.32 bits per heavy atom. The van der Waals surface area contributed by atoms with Gasteiger partial charge in [-0.2, -0.15) is 0 Å². The molecule has 8 heteroatoms. The summed E-state index contributed by atoms with van der Waals surface area (Å²) < 4.78 is 26.9. The Kier molecular flexibility index (Phi) is 4.15. The van der Waals surface area contributed by atoms with Gasteiger partial charge in [-0.1, -0.05) is 26.8 Å². The fourth-order valence-corrected chi connectivity index (χ4v) is 3.16. The van der Waals surface area contributed by atoms with Crippen molar-refractivity contribution >= 4 is 27.6 Å². The molecule has 1 aromatic carbocycles. The SMILES string of the molecule is CC(C)(C)c1ccc2c(c1)S(=O)(=O)NC(=NCCC(=O)O)N2. The Morgan fingerprint density at radius 2 is 2.00 bits per heavy atom. The Morgan fingerprint density at radius 3 is 2.59 bits per heavy atom. The molecule has 22 heavy (non-hydrogen) atoms. The summed E-state index contributed by atoms with van der Waals surface area (Å²) in [6.45, 7) is 6.01. The van der Waals surface area contributed by atoms with Gasteiger partial charge in [-0.3, -0.25) is 9.79 Å². The van der Waals surface area contributed by atoms with Gasteiger partial charge in [-0.25, -0.2) is 13.1 Å². The first-order valence-corrected chi connectivity index (χ1v) is 8.28. The van der Waals surface area contributed by atoms with Crippen LogP contribution in [-0.2, 0) is 20.2 Å². The second kappa shape index (κ2) is 5.60. The molecule has 0 saturated carbocycles. The van der Waals surface area contributed by atoms with E-state index in [0.29, 0.717) is 5.69 Å². The molecular formula is C14H19N3O4S. The van der Waals surface area contributed by atoms with E-state index >= 15 is 0 Å². The zero-order chi connectivity index (χ0) is 16.5. The first kappa shape index (κ1) is 16.3. The van der Waals surface area contributed by atoms with Gasteiger partial charge in [0.05, 0.1) is 18.7 Å². The number of sulfonamides is 1. The highest BCUT2D eigenvalue weighted by molar-refractivity contribution is 7.90. The van der Waals surface area contributed by atoms with Crippen LogP contribution in [0.3, 0.4) is 0 Å². The van der Waals surface area contributed by atoms with Crippen LogP contribution in [-0.4, -0.2) is 32.0 Å². The number of hydrogen-bond acceptors (Lipinski definition) is 4. The van der Waals surface area contributed by atoms with E-state index in [1.807, 2.05) is 26.8 Å². The van der Waals surface area contributed by atoms with E-state index in [2.05, 4.69) is 15.0 Å². The number of carbonyl (C=O) groups is 1. The van der Waals surface area contributed by atoms with Crippen molar-refractivity contribution < 1.29 is 18.3 Å². The standard InChI is InChI=1S/C14H19N3O4S/c1-14(2,3)9-4-5-10-11(8-9)22(20,21)17-13(16-10)15-7-6-12(18)19/h4-5,8H,6-7H2,1-3H3,(H,18,19)(H2,15,16,17). The molecule has 0 radical (unpaired) electrons. The maximum absolute atomic E-state index is 12.3. The zero-order valence-electron chi connectivity index (χ0n) is 12.7. The number of nitrogens with zero attached hydrogens (tertiary/aromatic N) is 1. The molecule has 0 atom stereocenters. The minimum absolute atomic E-state index is 0.00437. The van der Waals surface area contributed by atoms with E-state index in [1.54, 1.807) is 12.1 Å². The quantitative estimate of drug-likeness (QED) is 0.781. The topological polar surface area (TPSA) is 108 Å². The number of rotatable bonds is 3. The fourth-order valence-electron chi connectivity index (χ4n) is 1.98. The van der Waals surface area contributed by atoms with Crippen molar-refractivity contribution in [2.24, 2.45) is 4.99 Å². The van der Waals surface area contributed by atoms with Crippen LogP contribution in [0.1, 0.15) is 32.8 Å². The molecule has 1 aliphatic rings. The predicted molar refractivity (Wildman–Crippen MR) is 83.6 cm³/mol. The molecule has 0 fully saturated rings. The van der Waals surface area contributed by atoms with Crippen LogP contribution in [0.15, 0.2) is 28.1 Å². The first-order chi connectivity index (χ1) is 10.1. The molecule has 0 aliphatic carbocycles. The lowest BCUT2D eigenvalue weighted by atomic mass is 9.87. The molecule has 0 unspecified atom stereocenters. The van der Waals surface area contributed by atoms with E-state index < -0.39 is 16.0 Å². The first-order valence-electron chi connectivity index (χ1n) is 6.80. The highest BCUT2D eigenvalue weighted by Gasteiger charge is 2.28. The minimum atomic E-state index is -3.72. The molecule has 2 rings (SSSR count). The zero-order valence-corrected chi connectivity index (χ0v) is 13.5. The number of hydrogen-bond donors (Lipinski definition) is 3. The Bertz CT molecular complexity index is 733. The molecule has 1 heterocycles. The van der Waals surface area contributed by atoms with Crippen LogP contribution in [0, 0.1) is 0 Å². The Labute approximate surface area is 129 Å². The molecule has 0 saturated heterocycles. The third-order valence-corrected chi connectivity index (χ3v) is 4.60. The summed E-state index contributed by atoms with van der Waals surface area (Å²) in [5.41, 5.74) is 1.17. The second-order valence-electron chi connectivity index (χ2n) is 6.07. The van der Waals surface area contributed by atoms with Gasteiger partial charge in [0.15, 0.2) is 0 Å². The molecule has 3 N–H and O–H groups in total. The van der Waals surface area contributed by atoms with Gasteiger partial charge < -0.3 is 10.4 Å². The summed E-state index contributed by atoms with van der Waals surface area (Å²) in [6, 6.07) is 5.20. The highest BCUT2D eigenvalue weighted by Crippen LogP contribution is 2.31. The second-order valence-corrected chi connectivity index (χ2v) is 7.72. The summed E-state index contributed by atoms with van der Waals surface area (Å²) >= 11 is 0. The monoisotopic (exact) mass is 325 g/mol. The molecular weight excluding hydrogens is 306 g/mol. The average Bonchev–Trinajstić information content (AvgIpc) is 2.36. The normalized spacial score (nSPS) is 18.2. The van der Waals surface area contributed by atoms with E-state index in [-0.39, 0.29) is 29.2 Å². The molecule has 0 spiro atoms. The third-order valence-electron chi connectivity index (χ3n) is 3.22. The molecule has 120 valence electrons. The lowest BCUT2D eigenvalue weighted by Crippen LogP contribution is -2.41. The number of aliphatic imine (C=N–C) groups is 1. The van der Waals surface area contributed by atoms with Crippen molar-refractivity contribution in [2.75, 3.05) is 11.9 Å². The van der Waals surface area contributed by atoms with Gasteiger partial charge in [0.2, 0.25) is 5.96 Å². The van der Waals surface area contributed by atoms with Crippen LogP contribution in [0.25, 0.3) is 0 Å². The molecule has 1 aliphatic heterocycles. The largest absolute Gasteiger partial charge is 0.481 e. The predicted octanol–water partition coefficient (Wildman–Crippen LogP) is 1.52. The van der Waals surface area contributed by atoms with Gasteiger partial charge >= 0.3 is 5.97 Å². The Balaban J connectivity index is 2.34. The number of carboxylic acids is 1. The van der Waals surface area contributed by atoms with Gasteiger partial charge in [-0.15, -0.1) is 0 Å². The van der Waals surface area contributed by atoms with Gasteiger partial charge in [0.1, 0.15) is 4.90 Å². The Hall–Kier alpha value is -2.09. The van der Waals surface area contributed by atoms with Gasteiger partial charge in [-0.05, 0) is 23.1 Å². The summed E-state index contributed by atoms with van der Waals surface area (Å²) in [4.78, 5) is 14.6. The van der Waals surface area contributed by atoms with E-state index in [1.165, 1.54) is 0 Å². The lowest BCUT2D eigenvalue weighted by Gasteiger charge is -2.25. The summed E-state index contributed by atoms with van der Waals surface area (Å²) in [5.74, 6) is -0.949. The van der Waals surface area contributed by atoms with Crippen molar-refractivity contribution in [3.8, 4) is 0 Å². The number of aliphatic carboxylic acids is 1. The van der Waals surface area contributed by atoms with E-state index in [0.717, 1.165) is 5.56 Å². The molecule has 0 aromatic heterocycles. The summed E-state index contributed by atoms with van der Waals surface area (Å²) in [5, 5.41) is 11.5. The van der Waals surface area contributed by atoms with Crippen molar-refractivity contribution in [1.82, 2.24) is 4.72 Å². The minimum Gasteiger partial charge on any atom is -0.481 e. The maximum Gasteiger partial charge on any atom is 0.305 e. The van der Waals surface area contributed by atoms with Gasteiger partial charge in [0, 0.05) is 0 Å². The molecule has 0 bridgehead atoms. The summed E-state index contributed by atoms with van der Waals surface area (Å²) in [6.07, 6.45) is -0.164. The molecule has 7 nitrogen and oxygen atoms in total. The highest BCUT2D eigenvalue weighted by atomic mass is 32.2. The van der Waals surface area contributed by atoms with Crippen LogP contribution in [0.5, 0.6) is 0 Å². The van der Waals surface area contributed by atoms with Crippen LogP contribution >= 0.6 is 0 Å². The lowest BCUT2D eigenvalue weighted by molar-refractivity contribution is -0.136. The number of carboxylic acid groups (broad SMARTS) is 1. The number of guanidine groups is 1. The number of nitrogens with one attached hydrogen (secondary N) is 2. The van der Waals surface area contributed by atoms with Crippen LogP contribution < -0.4 is 10.0 Å². The third kappa shape index (κ3) is 3.56. The van der Waals surface area contributed by atoms with Crippen molar-refractivity contribution in [3.63, 3.8) is 0 Å². The van der Waals surface area contributed by atoms with Crippen molar-refractivity contribution in [2.45, 2.75) is 37.5 Å². The maximum atomic E-state index is 12.3. The number of anilines is 1. The van der Waals surface area contributed by atoms with Crippen LogP contribution in [0.4, 0.5) is 5.69 Å². The van der Waals surface area contributed by atoms with E-state index in [9.17, 15) is 13.2 Å². The fraction of sp³-hybridized carbons (Fsp3) is 0.429. The number of fused-ring (bicyclic) bond motifs is 1. The van der Waals surface area contributed by atoms with Crippen LogP contribution in [0.2, 0.25) is 0 Å². The molecule has 1 aromatic rings. The molecule has 0 amide bonds. The number of benzene rings is 1. The van der Waals surface area contributed by atoms with Crippen molar-refractivity contribution in [1.29, 1.82) is 0 Å². The van der Waals surface area contributed by atoms with Crippen molar-refractivity contribution in [3.05, 3.63) is 23.8 Å². The van der Waals surface area contributed by atoms with E-state index in [4.69, 9.17) is 5.11 Å². The summed E-state index contributed by atoms with van der Waals surface area (Å²) in [7, 11) is -3.72. The van der Waals surface area contributed by atoms with Gasteiger partial charge in [0.25, 0.3) is 10.0 Å². The smallest absolute Gasteiger partial charge is 0.305 e.